The fourth-order valence-corrected chi connectivity index (χ4v) is 2.43. The van der Waals surface area contributed by atoms with Crippen molar-refractivity contribution in [3.05, 3.63) is 60.0 Å². The number of rotatable bonds is 5. The zero-order valence-corrected chi connectivity index (χ0v) is 12.3. The summed E-state index contributed by atoms with van der Waals surface area (Å²) in [5.41, 5.74) is 4.25. The molecule has 4 heteroatoms. The van der Waals surface area contributed by atoms with Crippen LogP contribution < -0.4 is 10.1 Å². The third kappa shape index (κ3) is 2.84. The molecule has 0 radical (unpaired) electrons. The molecule has 0 fully saturated rings. The van der Waals surface area contributed by atoms with E-state index in [0.717, 1.165) is 29.3 Å². The van der Waals surface area contributed by atoms with E-state index in [1.165, 1.54) is 5.69 Å². The number of pyridine rings is 1. The van der Waals surface area contributed by atoms with Crippen molar-refractivity contribution in [2.24, 2.45) is 0 Å². The molecule has 4 nitrogen and oxygen atoms in total. The lowest BCUT2D eigenvalue weighted by atomic mass is 10.2. The number of nitrogens with zero attached hydrogens (tertiary/aromatic N) is 2. The lowest BCUT2D eigenvalue weighted by Crippen LogP contribution is -2.04. The number of nitrogens with one attached hydrogen (secondary N) is 1. The summed E-state index contributed by atoms with van der Waals surface area (Å²) in [4.78, 5) is 4.57. The minimum atomic E-state index is 0.676. The first-order valence-electron chi connectivity index (χ1n) is 7.17. The van der Waals surface area contributed by atoms with Crippen molar-refractivity contribution >= 4 is 11.3 Å². The van der Waals surface area contributed by atoms with E-state index in [4.69, 9.17) is 4.74 Å². The van der Waals surface area contributed by atoms with E-state index in [0.29, 0.717) is 6.61 Å². The maximum absolute atomic E-state index is 5.52. The third-order valence-electron chi connectivity index (χ3n) is 3.43. The topological polar surface area (TPSA) is 38.6 Å². The Bertz CT molecular complexity index is 749. The Morgan fingerprint density at radius 2 is 2.10 bits per heavy atom. The van der Waals surface area contributed by atoms with E-state index in [9.17, 15) is 0 Å². The van der Waals surface area contributed by atoms with Crippen molar-refractivity contribution < 1.29 is 4.74 Å². The molecule has 0 saturated carbocycles. The van der Waals surface area contributed by atoms with Crippen molar-refractivity contribution in [2.45, 2.75) is 20.4 Å². The normalized spacial score (nSPS) is 10.8. The fraction of sp³-hybridized carbons (Fsp3) is 0.235. The van der Waals surface area contributed by atoms with E-state index >= 15 is 0 Å². The van der Waals surface area contributed by atoms with Gasteiger partial charge in [0.25, 0.3) is 0 Å². The number of imidazole rings is 1. The Balaban J connectivity index is 1.80. The molecule has 0 saturated heterocycles. The Kier molecular flexibility index (Phi) is 3.77. The number of anilines is 1. The van der Waals surface area contributed by atoms with Gasteiger partial charge in [0.1, 0.15) is 11.4 Å². The van der Waals surface area contributed by atoms with Crippen LogP contribution in [0.5, 0.6) is 5.75 Å². The van der Waals surface area contributed by atoms with Crippen molar-refractivity contribution in [2.75, 3.05) is 11.9 Å². The first-order valence-corrected chi connectivity index (χ1v) is 7.17. The summed E-state index contributed by atoms with van der Waals surface area (Å²) >= 11 is 0. The second-order valence-corrected chi connectivity index (χ2v) is 4.89. The highest BCUT2D eigenvalue weighted by Crippen LogP contribution is 2.19. The number of benzene rings is 1. The molecule has 108 valence electrons. The molecule has 1 aromatic carbocycles. The highest BCUT2D eigenvalue weighted by molar-refractivity contribution is 5.49. The van der Waals surface area contributed by atoms with Crippen molar-refractivity contribution in [1.82, 2.24) is 9.38 Å². The summed E-state index contributed by atoms with van der Waals surface area (Å²) in [7, 11) is 0. The molecule has 0 atom stereocenters. The maximum Gasteiger partial charge on any atom is 0.137 e. The quantitative estimate of drug-likeness (QED) is 0.775. The number of hydrogen-bond donors (Lipinski definition) is 1. The molecule has 0 spiro atoms. The van der Waals surface area contributed by atoms with Crippen molar-refractivity contribution in [3.8, 4) is 5.75 Å². The van der Waals surface area contributed by atoms with Crippen LogP contribution in [0.2, 0.25) is 0 Å². The van der Waals surface area contributed by atoms with Crippen LogP contribution in [0.1, 0.15) is 18.3 Å². The SMILES string of the molecule is CCOc1cccc(NCc2c(C)nc3ccccn23)c1. The van der Waals surface area contributed by atoms with Crippen molar-refractivity contribution in [1.29, 1.82) is 0 Å². The summed E-state index contributed by atoms with van der Waals surface area (Å²) in [6.45, 7) is 5.44. The van der Waals surface area contributed by atoms with Gasteiger partial charge in [0, 0.05) is 18.0 Å². The van der Waals surface area contributed by atoms with Gasteiger partial charge in [-0.25, -0.2) is 4.98 Å². The second kappa shape index (κ2) is 5.87. The van der Waals surface area contributed by atoms with Gasteiger partial charge in [0.15, 0.2) is 0 Å². The van der Waals surface area contributed by atoms with Gasteiger partial charge in [-0.2, -0.15) is 0 Å². The van der Waals surface area contributed by atoms with E-state index < -0.39 is 0 Å². The smallest absolute Gasteiger partial charge is 0.137 e. The van der Waals surface area contributed by atoms with Gasteiger partial charge in [-0.05, 0) is 38.1 Å². The van der Waals surface area contributed by atoms with Gasteiger partial charge in [0.05, 0.1) is 24.5 Å². The van der Waals surface area contributed by atoms with Crippen LogP contribution in [0.25, 0.3) is 5.65 Å². The van der Waals surface area contributed by atoms with E-state index in [1.807, 2.05) is 62.5 Å². The fourth-order valence-electron chi connectivity index (χ4n) is 2.43. The number of aromatic nitrogens is 2. The van der Waals surface area contributed by atoms with Gasteiger partial charge in [-0.1, -0.05) is 12.1 Å². The van der Waals surface area contributed by atoms with E-state index in [-0.39, 0.29) is 0 Å². The predicted octanol–water partition coefficient (Wildman–Crippen LogP) is 3.65. The molecule has 0 amide bonds. The largest absolute Gasteiger partial charge is 0.494 e. The summed E-state index contributed by atoms with van der Waals surface area (Å²) in [5.74, 6) is 0.886. The zero-order chi connectivity index (χ0) is 14.7. The number of fused-ring (bicyclic) bond motifs is 1. The molecule has 21 heavy (non-hydrogen) atoms. The Morgan fingerprint density at radius 3 is 2.95 bits per heavy atom. The lowest BCUT2D eigenvalue weighted by molar-refractivity contribution is 0.340. The first kappa shape index (κ1) is 13.5. The standard InChI is InChI=1S/C17H19N3O/c1-3-21-15-8-6-7-14(11-15)18-12-16-13(2)19-17-9-4-5-10-20(16)17/h4-11,18H,3,12H2,1-2H3. The van der Waals surface area contributed by atoms with Crippen LogP contribution in [0.15, 0.2) is 48.7 Å². The van der Waals surface area contributed by atoms with Crippen LogP contribution >= 0.6 is 0 Å². The van der Waals surface area contributed by atoms with Crippen LogP contribution in [0, 0.1) is 6.92 Å². The molecular formula is C17H19N3O. The lowest BCUT2D eigenvalue weighted by Gasteiger charge is -2.09. The molecule has 0 aliphatic heterocycles. The van der Waals surface area contributed by atoms with Crippen LogP contribution in [-0.4, -0.2) is 16.0 Å². The molecule has 2 heterocycles. The summed E-state index contributed by atoms with van der Waals surface area (Å²) in [6.07, 6.45) is 2.04. The van der Waals surface area contributed by atoms with Gasteiger partial charge in [0.2, 0.25) is 0 Å². The van der Waals surface area contributed by atoms with Gasteiger partial charge in [-0.15, -0.1) is 0 Å². The van der Waals surface area contributed by atoms with Crippen molar-refractivity contribution in [3.63, 3.8) is 0 Å². The third-order valence-corrected chi connectivity index (χ3v) is 3.43. The highest BCUT2D eigenvalue weighted by Gasteiger charge is 2.07. The molecule has 0 aliphatic rings. The van der Waals surface area contributed by atoms with Crippen LogP contribution in [0.4, 0.5) is 5.69 Å². The minimum Gasteiger partial charge on any atom is -0.494 e. The van der Waals surface area contributed by atoms with Gasteiger partial charge >= 0.3 is 0 Å². The first-order chi connectivity index (χ1) is 10.3. The van der Waals surface area contributed by atoms with Crippen LogP contribution in [0.3, 0.4) is 0 Å². The van der Waals surface area contributed by atoms with Gasteiger partial charge < -0.3 is 14.5 Å². The number of ether oxygens (including phenoxy) is 1. The maximum atomic E-state index is 5.52. The Hall–Kier alpha value is -2.49. The van der Waals surface area contributed by atoms with Crippen LogP contribution in [-0.2, 0) is 6.54 Å². The molecule has 3 rings (SSSR count). The summed E-state index contributed by atoms with van der Waals surface area (Å²) in [6, 6.07) is 14.1. The highest BCUT2D eigenvalue weighted by atomic mass is 16.5. The monoisotopic (exact) mass is 281 g/mol. The number of hydrogen-bond acceptors (Lipinski definition) is 3. The minimum absolute atomic E-state index is 0.676. The summed E-state index contributed by atoms with van der Waals surface area (Å²) in [5, 5.41) is 3.44. The molecule has 0 aliphatic carbocycles. The van der Waals surface area contributed by atoms with E-state index in [2.05, 4.69) is 14.7 Å². The molecule has 0 bridgehead atoms. The molecule has 3 aromatic rings. The number of aryl methyl sites for hydroxylation is 1. The molecular weight excluding hydrogens is 262 g/mol. The average Bonchev–Trinajstić information content (AvgIpc) is 2.81. The van der Waals surface area contributed by atoms with E-state index in [1.54, 1.807) is 0 Å². The Morgan fingerprint density at radius 1 is 1.19 bits per heavy atom. The molecule has 0 unspecified atom stereocenters. The predicted molar refractivity (Wildman–Crippen MR) is 84.9 cm³/mol. The van der Waals surface area contributed by atoms with Gasteiger partial charge in [-0.3, -0.25) is 0 Å². The summed E-state index contributed by atoms with van der Waals surface area (Å²) < 4.78 is 7.64. The molecule has 1 N–H and O–H groups in total. The molecule has 2 aromatic heterocycles. The zero-order valence-electron chi connectivity index (χ0n) is 12.3. The Labute approximate surface area is 124 Å². The average molecular weight is 281 g/mol. The second-order valence-electron chi connectivity index (χ2n) is 4.89.